The molecule has 5 heteroatoms. The van der Waals surface area contributed by atoms with Gasteiger partial charge in [-0.1, -0.05) is 20.3 Å². The second-order valence-electron chi connectivity index (χ2n) is 4.86. The number of rotatable bonds is 6. The van der Waals surface area contributed by atoms with Crippen molar-refractivity contribution < 1.29 is 9.59 Å². The standard InChI is InChI=1S/C15H19N3O2/c1-3-5-10-13(12(19)6-4-2)9-7-8-11(14(16)20)18-15(9)17-10/h7-8H,3-6H2,1-2H3,(H2,16,20)(H,17,18). The third-order valence-electron chi connectivity index (χ3n) is 3.24. The molecule has 0 aliphatic rings. The molecule has 2 rings (SSSR count). The van der Waals surface area contributed by atoms with Gasteiger partial charge in [-0.15, -0.1) is 0 Å². The van der Waals surface area contributed by atoms with Crippen LogP contribution in [0.25, 0.3) is 11.0 Å². The topological polar surface area (TPSA) is 88.8 Å². The fourth-order valence-corrected chi connectivity index (χ4v) is 2.37. The number of hydrogen-bond donors (Lipinski definition) is 2. The molecule has 0 atom stereocenters. The maximum Gasteiger partial charge on any atom is 0.267 e. The Labute approximate surface area is 117 Å². The van der Waals surface area contributed by atoms with Crippen molar-refractivity contribution in [3.05, 3.63) is 29.1 Å². The molecule has 20 heavy (non-hydrogen) atoms. The Bertz CT molecular complexity index is 658. The van der Waals surface area contributed by atoms with Crippen LogP contribution in [-0.4, -0.2) is 21.7 Å². The summed E-state index contributed by atoms with van der Waals surface area (Å²) in [6, 6.07) is 3.32. The van der Waals surface area contributed by atoms with E-state index in [1.54, 1.807) is 12.1 Å². The average Bonchev–Trinajstić information content (AvgIpc) is 2.76. The minimum absolute atomic E-state index is 0.121. The molecule has 5 nitrogen and oxygen atoms in total. The number of carbonyl (C=O) groups excluding carboxylic acids is 2. The first-order chi connectivity index (χ1) is 9.58. The SMILES string of the molecule is CCCC(=O)c1c(CCC)[nH]c2nc(C(N)=O)ccc12. The number of nitrogens with two attached hydrogens (primary N) is 1. The van der Waals surface area contributed by atoms with Crippen LogP contribution < -0.4 is 5.73 Å². The lowest BCUT2D eigenvalue weighted by molar-refractivity contribution is 0.0979. The van der Waals surface area contributed by atoms with Gasteiger partial charge in [0.15, 0.2) is 5.78 Å². The molecule has 0 saturated heterocycles. The number of nitrogens with one attached hydrogen (secondary N) is 1. The maximum absolute atomic E-state index is 12.3. The van der Waals surface area contributed by atoms with Crippen LogP contribution in [-0.2, 0) is 6.42 Å². The summed E-state index contributed by atoms with van der Waals surface area (Å²) in [7, 11) is 0. The number of ketones is 1. The smallest absolute Gasteiger partial charge is 0.267 e. The molecule has 1 amide bonds. The summed E-state index contributed by atoms with van der Waals surface area (Å²) >= 11 is 0. The summed E-state index contributed by atoms with van der Waals surface area (Å²) < 4.78 is 0. The van der Waals surface area contributed by atoms with Crippen LogP contribution in [0.3, 0.4) is 0 Å². The predicted octanol–water partition coefficient (Wildman–Crippen LogP) is 2.60. The van der Waals surface area contributed by atoms with Gasteiger partial charge in [0, 0.05) is 23.1 Å². The summed E-state index contributed by atoms with van der Waals surface area (Å²) in [6.45, 7) is 4.04. The highest BCUT2D eigenvalue weighted by atomic mass is 16.1. The molecule has 0 unspecified atom stereocenters. The van der Waals surface area contributed by atoms with Crippen molar-refractivity contribution in [2.75, 3.05) is 0 Å². The summed E-state index contributed by atoms with van der Waals surface area (Å²) in [5.74, 6) is -0.448. The highest BCUT2D eigenvalue weighted by molar-refractivity contribution is 6.09. The first-order valence-electron chi connectivity index (χ1n) is 6.93. The molecule has 2 heterocycles. The van der Waals surface area contributed by atoms with Crippen molar-refractivity contribution in [2.24, 2.45) is 5.73 Å². The highest BCUT2D eigenvalue weighted by Gasteiger charge is 2.18. The number of aromatic amines is 1. The number of carbonyl (C=O) groups is 2. The lowest BCUT2D eigenvalue weighted by Crippen LogP contribution is -2.12. The molecule has 3 N–H and O–H groups in total. The molecule has 0 radical (unpaired) electrons. The summed E-state index contributed by atoms with van der Waals surface area (Å²) in [4.78, 5) is 30.8. The highest BCUT2D eigenvalue weighted by Crippen LogP contribution is 2.24. The number of aryl methyl sites for hydroxylation is 1. The van der Waals surface area contributed by atoms with Crippen LogP contribution in [0.1, 0.15) is 59.7 Å². The molecular formula is C15H19N3O2. The Balaban J connectivity index is 2.60. The van der Waals surface area contributed by atoms with Gasteiger partial charge in [-0.2, -0.15) is 0 Å². The zero-order chi connectivity index (χ0) is 14.7. The first-order valence-corrected chi connectivity index (χ1v) is 6.93. The van der Waals surface area contributed by atoms with Crippen molar-refractivity contribution in [3.8, 4) is 0 Å². The van der Waals surface area contributed by atoms with Gasteiger partial charge < -0.3 is 10.7 Å². The molecular weight excluding hydrogens is 254 g/mol. The van der Waals surface area contributed by atoms with Crippen LogP contribution in [0, 0.1) is 0 Å². The van der Waals surface area contributed by atoms with E-state index in [1.807, 2.05) is 6.92 Å². The number of pyridine rings is 1. The van der Waals surface area contributed by atoms with Gasteiger partial charge >= 0.3 is 0 Å². The monoisotopic (exact) mass is 273 g/mol. The fourth-order valence-electron chi connectivity index (χ4n) is 2.37. The van der Waals surface area contributed by atoms with E-state index in [0.717, 1.165) is 30.3 Å². The second-order valence-corrected chi connectivity index (χ2v) is 4.86. The van der Waals surface area contributed by atoms with Gasteiger partial charge in [0.1, 0.15) is 11.3 Å². The van der Waals surface area contributed by atoms with E-state index in [4.69, 9.17) is 5.73 Å². The Morgan fingerprint density at radius 2 is 2.00 bits per heavy atom. The molecule has 0 saturated carbocycles. The van der Waals surface area contributed by atoms with Crippen LogP contribution >= 0.6 is 0 Å². The van der Waals surface area contributed by atoms with Gasteiger partial charge in [0.05, 0.1) is 0 Å². The Kier molecular flexibility index (Phi) is 4.17. The summed E-state index contributed by atoms with van der Waals surface area (Å²) in [6.07, 6.45) is 3.04. The number of H-pyrrole nitrogens is 1. The van der Waals surface area contributed by atoms with Crippen LogP contribution in [0.2, 0.25) is 0 Å². The van der Waals surface area contributed by atoms with Crippen LogP contribution in [0.4, 0.5) is 0 Å². The third-order valence-corrected chi connectivity index (χ3v) is 3.24. The van der Waals surface area contributed by atoms with Gasteiger partial charge in [0.2, 0.25) is 0 Å². The molecule has 0 spiro atoms. The number of Topliss-reactive ketones (excluding diaryl/α,β-unsaturated/α-hetero) is 1. The zero-order valence-electron chi connectivity index (χ0n) is 11.8. The van der Waals surface area contributed by atoms with Crippen molar-refractivity contribution >= 4 is 22.7 Å². The Hall–Kier alpha value is -2.17. The van der Waals surface area contributed by atoms with Crippen LogP contribution in [0.5, 0.6) is 0 Å². The number of aromatic nitrogens is 2. The molecule has 0 fully saturated rings. The third kappa shape index (κ3) is 2.57. The lowest BCUT2D eigenvalue weighted by atomic mass is 10.0. The molecule has 0 bridgehead atoms. The van der Waals surface area contributed by atoms with Crippen LogP contribution in [0.15, 0.2) is 12.1 Å². The molecule has 0 aliphatic heterocycles. The van der Waals surface area contributed by atoms with E-state index < -0.39 is 5.91 Å². The van der Waals surface area contributed by atoms with Gasteiger partial charge in [-0.25, -0.2) is 4.98 Å². The number of fused-ring (bicyclic) bond motifs is 1. The average molecular weight is 273 g/mol. The number of primary amides is 1. The van der Waals surface area contributed by atoms with Gasteiger partial charge in [0.25, 0.3) is 5.91 Å². The van der Waals surface area contributed by atoms with Crippen molar-refractivity contribution in [3.63, 3.8) is 0 Å². The molecule has 2 aromatic rings. The largest absolute Gasteiger partial charge is 0.364 e. The summed E-state index contributed by atoms with van der Waals surface area (Å²) in [5.41, 5.74) is 7.61. The van der Waals surface area contributed by atoms with Crippen molar-refractivity contribution in [1.29, 1.82) is 0 Å². The van der Waals surface area contributed by atoms with Gasteiger partial charge in [-0.3, -0.25) is 9.59 Å². The molecule has 0 aliphatic carbocycles. The Morgan fingerprint density at radius 3 is 2.60 bits per heavy atom. The fraction of sp³-hybridized carbons (Fsp3) is 0.400. The van der Waals surface area contributed by atoms with E-state index in [2.05, 4.69) is 16.9 Å². The van der Waals surface area contributed by atoms with E-state index >= 15 is 0 Å². The summed E-state index contributed by atoms with van der Waals surface area (Å²) in [5, 5.41) is 0.775. The number of hydrogen-bond acceptors (Lipinski definition) is 3. The van der Waals surface area contributed by atoms with Crippen molar-refractivity contribution in [2.45, 2.75) is 39.5 Å². The molecule has 106 valence electrons. The normalized spacial score (nSPS) is 10.9. The molecule has 2 aromatic heterocycles. The quantitative estimate of drug-likeness (QED) is 0.793. The zero-order valence-corrected chi connectivity index (χ0v) is 11.8. The maximum atomic E-state index is 12.3. The second kappa shape index (κ2) is 5.86. The minimum atomic E-state index is -0.569. The number of nitrogens with zero attached hydrogens (tertiary/aromatic N) is 1. The minimum Gasteiger partial charge on any atom is -0.364 e. The van der Waals surface area contributed by atoms with E-state index in [1.165, 1.54) is 0 Å². The van der Waals surface area contributed by atoms with Gasteiger partial charge in [-0.05, 0) is 25.0 Å². The van der Waals surface area contributed by atoms with Crippen molar-refractivity contribution in [1.82, 2.24) is 9.97 Å². The first kappa shape index (κ1) is 14.2. The number of amides is 1. The van der Waals surface area contributed by atoms with E-state index in [-0.39, 0.29) is 11.5 Å². The van der Waals surface area contributed by atoms with E-state index in [0.29, 0.717) is 17.6 Å². The Morgan fingerprint density at radius 1 is 1.25 bits per heavy atom. The predicted molar refractivity (Wildman–Crippen MR) is 77.8 cm³/mol. The van der Waals surface area contributed by atoms with E-state index in [9.17, 15) is 9.59 Å². The molecule has 0 aromatic carbocycles. The lowest BCUT2D eigenvalue weighted by Gasteiger charge is -2.02.